The Hall–Kier alpha value is -2.28. The molecule has 0 bridgehead atoms. The largest absolute Gasteiger partial charge is 0.355 e. The number of carbonyl (C=O) groups excluding carboxylic acids is 1. The minimum absolute atomic E-state index is 0.0316. The van der Waals surface area contributed by atoms with Gasteiger partial charge in [0.05, 0.1) is 5.41 Å². The van der Waals surface area contributed by atoms with Crippen molar-refractivity contribution < 1.29 is 9.18 Å². The molecule has 1 aliphatic rings. The number of nitrogens with one attached hydrogen (secondary N) is 3. The van der Waals surface area contributed by atoms with Crippen molar-refractivity contribution >= 4 is 5.91 Å². The number of benzene rings is 1. The van der Waals surface area contributed by atoms with Crippen LogP contribution in [0.4, 0.5) is 4.39 Å². The van der Waals surface area contributed by atoms with Gasteiger partial charge in [0.15, 0.2) is 0 Å². The van der Waals surface area contributed by atoms with Crippen LogP contribution < -0.4 is 10.6 Å². The molecule has 1 atom stereocenters. The highest BCUT2D eigenvalue weighted by Gasteiger charge is 2.41. The van der Waals surface area contributed by atoms with Crippen LogP contribution in [0.1, 0.15) is 24.2 Å². The van der Waals surface area contributed by atoms with Gasteiger partial charge in [0.25, 0.3) is 0 Å². The Labute approximate surface area is 133 Å². The van der Waals surface area contributed by atoms with Gasteiger partial charge < -0.3 is 10.6 Å². The third-order valence-corrected chi connectivity index (χ3v) is 4.33. The Morgan fingerprint density at radius 1 is 1.35 bits per heavy atom. The summed E-state index contributed by atoms with van der Waals surface area (Å²) in [5, 5.41) is 12.8. The standard InChI is InChI=1S/C16H20FN5O/c17-13-4-2-12(3-5-13)16(7-1-8-18-10-16)15(23)19-9-6-14-20-11-21-22-14/h2-5,11,18H,1,6-10H2,(H,19,23)(H,20,21,22)/t16-/m0/s1. The fourth-order valence-corrected chi connectivity index (χ4v) is 3.06. The molecule has 2 aromatic rings. The van der Waals surface area contributed by atoms with Gasteiger partial charge in [-0.15, -0.1) is 0 Å². The summed E-state index contributed by atoms with van der Waals surface area (Å²) < 4.78 is 13.2. The maximum absolute atomic E-state index is 13.2. The van der Waals surface area contributed by atoms with E-state index in [0.717, 1.165) is 30.8 Å². The lowest BCUT2D eigenvalue weighted by Gasteiger charge is -2.36. The number of rotatable bonds is 5. The average Bonchev–Trinajstić information content (AvgIpc) is 3.09. The molecule has 2 heterocycles. The normalized spacial score (nSPS) is 21.1. The molecule has 3 N–H and O–H groups in total. The smallest absolute Gasteiger partial charge is 0.231 e. The monoisotopic (exact) mass is 317 g/mol. The van der Waals surface area contributed by atoms with Crippen LogP contribution in [-0.4, -0.2) is 40.7 Å². The molecular formula is C16H20FN5O. The van der Waals surface area contributed by atoms with E-state index in [9.17, 15) is 9.18 Å². The zero-order chi connectivity index (χ0) is 16.1. The van der Waals surface area contributed by atoms with E-state index in [4.69, 9.17) is 0 Å². The number of carbonyl (C=O) groups is 1. The lowest BCUT2D eigenvalue weighted by molar-refractivity contribution is -0.127. The predicted molar refractivity (Wildman–Crippen MR) is 83.3 cm³/mol. The van der Waals surface area contributed by atoms with Crippen molar-refractivity contribution in [1.29, 1.82) is 0 Å². The quantitative estimate of drug-likeness (QED) is 0.766. The van der Waals surface area contributed by atoms with Gasteiger partial charge in [-0.25, -0.2) is 9.37 Å². The Morgan fingerprint density at radius 3 is 2.83 bits per heavy atom. The molecule has 1 aromatic carbocycles. The molecule has 1 aliphatic heterocycles. The lowest BCUT2D eigenvalue weighted by Crippen LogP contribution is -2.54. The summed E-state index contributed by atoms with van der Waals surface area (Å²) >= 11 is 0. The zero-order valence-electron chi connectivity index (χ0n) is 12.8. The summed E-state index contributed by atoms with van der Waals surface area (Å²) in [4.78, 5) is 16.9. The molecule has 122 valence electrons. The summed E-state index contributed by atoms with van der Waals surface area (Å²) in [6.07, 6.45) is 3.70. The number of H-pyrrole nitrogens is 1. The van der Waals surface area contributed by atoms with Gasteiger partial charge in [0, 0.05) is 19.5 Å². The second kappa shape index (κ2) is 6.87. The molecule has 0 radical (unpaired) electrons. The van der Waals surface area contributed by atoms with Crippen LogP contribution in [0.2, 0.25) is 0 Å². The SMILES string of the molecule is O=C(NCCc1ncn[nH]1)[C@@]1(c2ccc(F)cc2)CCCNC1. The maximum Gasteiger partial charge on any atom is 0.231 e. The van der Waals surface area contributed by atoms with Crippen LogP contribution in [0.15, 0.2) is 30.6 Å². The van der Waals surface area contributed by atoms with Crippen LogP contribution in [0.3, 0.4) is 0 Å². The Balaban J connectivity index is 1.72. The Bertz CT molecular complexity index is 635. The number of amides is 1. The van der Waals surface area contributed by atoms with E-state index in [1.807, 2.05) is 0 Å². The molecular weight excluding hydrogens is 297 g/mol. The number of aromatic nitrogens is 3. The highest BCUT2D eigenvalue weighted by molar-refractivity contribution is 5.88. The minimum atomic E-state index is -0.645. The summed E-state index contributed by atoms with van der Waals surface area (Å²) in [7, 11) is 0. The van der Waals surface area contributed by atoms with E-state index in [1.165, 1.54) is 18.5 Å². The van der Waals surface area contributed by atoms with Gasteiger partial charge in [0.1, 0.15) is 18.0 Å². The van der Waals surface area contributed by atoms with Gasteiger partial charge >= 0.3 is 0 Å². The first-order valence-corrected chi connectivity index (χ1v) is 7.80. The first-order chi connectivity index (χ1) is 11.2. The highest BCUT2D eigenvalue weighted by Crippen LogP contribution is 2.31. The van der Waals surface area contributed by atoms with E-state index in [0.29, 0.717) is 19.5 Å². The van der Waals surface area contributed by atoms with Crippen molar-refractivity contribution in [3.8, 4) is 0 Å². The van der Waals surface area contributed by atoms with Crippen molar-refractivity contribution in [2.75, 3.05) is 19.6 Å². The van der Waals surface area contributed by atoms with Crippen LogP contribution >= 0.6 is 0 Å². The van der Waals surface area contributed by atoms with Crippen LogP contribution in [0, 0.1) is 5.82 Å². The minimum Gasteiger partial charge on any atom is -0.355 e. The summed E-state index contributed by atoms with van der Waals surface area (Å²) in [5.41, 5.74) is 0.205. The van der Waals surface area contributed by atoms with Gasteiger partial charge in [-0.05, 0) is 37.1 Å². The molecule has 3 rings (SSSR count). The average molecular weight is 317 g/mol. The van der Waals surface area contributed by atoms with E-state index >= 15 is 0 Å². The molecule has 0 aliphatic carbocycles. The molecule has 0 saturated carbocycles. The van der Waals surface area contributed by atoms with Crippen molar-refractivity contribution in [3.05, 3.63) is 47.8 Å². The number of aromatic amines is 1. The maximum atomic E-state index is 13.2. The molecule has 7 heteroatoms. The van der Waals surface area contributed by atoms with Gasteiger partial charge in [-0.3, -0.25) is 9.89 Å². The fourth-order valence-electron chi connectivity index (χ4n) is 3.06. The zero-order valence-corrected chi connectivity index (χ0v) is 12.8. The van der Waals surface area contributed by atoms with Gasteiger partial charge in [-0.2, -0.15) is 5.10 Å². The van der Waals surface area contributed by atoms with Crippen molar-refractivity contribution in [2.45, 2.75) is 24.7 Å². The second-order valence-electron chi connectivity index (χ2n) is 5.81. The highest BCUT2D eigenvalue weighted by atomic mass is 19.1. The molecule has 1 aromatic heterocycles. The molecule has 1 fully saturated rings. The summed E-state index contributed by atoms with van der Waals surface area (Å²) in [5.74, 6) is 0.414. The number of halogens is 1. The molecule has 1 saturated heterocycles. The molecule has 23 heavy (non-hydrogen) atoms. The van der Waals surface area contributed by atoms with Crippen LogP contribution in [0.5, 0.6) is 0 Å². The van der Waals surface area contributed by atoms with E-state index in [1.54, 1.807) is 12.1 Å². The van der Waals surface area contributed by atoms with Crippen molar-refractivity contribution in [2.24, 2.45) is 0 Å². The van der Waals surface area contributed by atoms with E-state index in [2.05, 4.69) is 25.8 Å². The summed E-state index contributed by atoms with van der Waals surface area (Å²) in [6, 6.07) is 6.23. The first kappa shape index (κ1) is 15.6. The van der Waals surface area contributed by atoms with Crippen molar-refractivity contribution in [3.63, 3.8) is 0 Å². The fraction of sp³-hybridized carbons (Fsp3) is 0.438. The summed E-state index contributed by atoms with van der Waals surface area (Å²) in [6.45, 7) is 1.94. The first-order valence-electron chi connectivity index (χ1n) is 7.80. The van der Waals surface area contributed by atoms with Crippen LogP contribution in [0.25, 0.3) is 0 Å². The molecule has 0 spiro atoms. The molecule has 6 nitrogen and oxygen atoms in total. The number of piperidine rings is 1. The van der Waals surface area contributed by atoms with Crippen molar-refractivity contribution in [1.82, 2.24) is 25.8 Å². The van der Waals surface area contributed by atoms with Gasteiger partial charge in [-0.1, -0.05) is 12.1 Å². The number of nitrogens with zero attached hydrogens (tertiary/aromatic N) is 2. The lowest BCUT2D eigenvalue weighted by atomic mass is 9.74. The van der Waals surface area contributed by atoms with E-state index in [-0.39, 0.29) is 11.7 Å². The third-order valence-electron chi connectivity index (χ3n) is 4.33. The third kappa shape index (κ3) is 3.39. The number of hydrogen-bond acceptors (Lipinski definition) is 4. The Morgan fingerprint density at radius 2 is 2.17 bits per heavy atom. The predicted octanol–water partition coefficient (Wildman–Crippen LogP) is 0.924. The Kier molecular flexibility index (Phi) is 4.66. The molecule has 0 unspecified atom stereocenters. The topological polar surface area (TPSA) is 82.7 Å². The van der Waals surface area contributed by atoms with Crippen LogP contribution in [-0.2, 0) is 16.6 Å². The molecule has 1 amide bonds. The van der Waals surface area contributed by atoms with E-state index < -0.39 is 5.41 Å². The second-order valence-corrected chi connectivity index (χ2v) is 5.81. The number of hydrogen-bond donors (Lipinski definition) is 3. The van der Waals surface area contributed by atoms with Gasteiger partial charge in [0.2, 0.25) is 5.91 Å².